The number of rotatable bonds is 5. The van der Waals surface area contributed by atoms with Gasteiger partial charge in [-0.05, 0) is 66.4 Å². The number of benzene rings is 1. The number of amides is 1. The zero-order valence-corrected chi connectivity index (χ0v) is 21.3. The predicted molar refractivity (Wildman–Crippen MR) is 142 cm³/mol. The lowest BCUT2D eigenvalue weighted by Gasteiger charge is -2.33. The number of hydrogen-bond acceptors (Lipinski definition) is 8. The van der Waals surface area contributed by atoms with Crippen LogP contribution in [0.2, 0.25) is 0 Å². The van der Waals surface area contributed by atoms with E-state index in [0.717, 1.165) is 46.8 Å². The molecular weight excluding hydrogens is 468 g/mol. The fourth-order valence-corrected chi connectivity index (χ4v) is 5.26. The molecule has 0 radical (unpaired) electrons. The van der Waals surface area contributed by atoms with Gasteiger partial charge >= 0.3 is 0 Å². The van der Waals surface area contributed by atoms with Crippen molar-refractivity contribution in [3.05, 3.63) is 47.8 Å². The zero-order valence-electron chi connectivity index (χ0n) is 21.3. The molecule has 1 saturated heterocycles. The molecule has 2 aliphatic heterocycles. The summed E-state index contributed by atoms with van der Waals surface area (Å²) < 4.78 is 1.62. The second-order valence-electron chi connectivity index (χ2n) is 9.81. The van der Waals surface area contributed by atoms with Crippen molar-refractivity contribution in [2.75, 3.05) is 35.3 Å². The summed E-state index contributed by atoms with van der Waals surface area (Å²) in [7, 11) is 1.85. The first-order valence-electron chi connectivity index (χ1n) is 12.7. The fourth-order valence-electron chi connectivity index (χ4n) is 5.26. The quantitative estimate of drug-likeness (QED) is 0.428. The van der Waals surface area contributed by atoms with Crippen LogP contribution in [0.4, 0.5) is 17.5 Å². The number of nitrogens with zero attached hydrogens (tertiary/aromatic N) is 8. The van der Waals surface area contributed by atoms with Gasteiger partial charge in [-0.15, -0.1) is 0 Å². The Balaban J connectivity index is 1.27. The third-order valence-electron chi connectivity index (χ3n) is 7.59. The van der Waals surface area contributed by atoms with Gasteiger partial charge < -0.3 is 15.1 Å². The number of allylic oxidation sites excluding steroid dienone is 1. The lowest BCUT2D eigenvalue weighted by Crippen LogP contribution is -2.35. The molecule has 0 aliphatic carbocycles. The minimum atomic E-state index is -0.184. The first-order chi connectivity index (χ1) is 18.0. The van der Waals surface area contributed by atoms with Gasteiger partial charge in [0.15, 0.2) is 0 Å². The number of nitrogens with one attached hydrogen (secondary N) is 2. The largest absolute Gasteiger partial charge is 0.356 e. The van der Waals surface area contributed by atoms with E-state index in [1.165, 1.54) is 19.3 Å². The number of aromatic nitrogens is 7. The third kappa shape index (κ3) is 4.20. The molecule has 37 heavy (non-hydrogen) atoms. The maximum absolute atomic E-state index is 13.2. The van der Waals surface area contributed by atoms with Gasteiger partial charge in [-0.1, -0.05) is 18.4 Å². The Morgan fingerprint density at radius 1 is 1.24 bits per heavy atom. The summed E-state index contributed by atoms with van der Waals surface area (Å²) >= 11 is 0. The van der Waals surface area contributed by atoms with Gasteiger partial charge in [-0.3, -0.25) is 9.89 Å². The Labute approximate surface area is 214 Å². The Kier molecular flexibility index (Phi) is 5.82. The van der Waals surface area contributed by atoms with Gasteiger partial charge in [0, 0.05) is 48.7 Å². The van der Waals surface area contributed by atoms with E-state index in [-0.39, 0.29) is 5.91 Å². The lowest BCUT2D eigenvalue weighted by atomic mass is 9.95. The number of carbonyl (C=O) groups is 1. The van der Waals surface area contributed by atoms with Crippen molar-refractivity contribution in [2.45, 2.75) is 39.7 Å². The van der Waals surface area contributed by atoms with E-state index >= 15 is 0 Å². The standard InChI is InChI=1S/C26H30N10O/c1-4-17-6-5-11-35(14-17)23-12-18(9-10-27-23)24-20-13-19(7-8-22(20)29-30-24)28-25(37)21-15-36-26(31-32-33-36)34(3)16(21)2/h7-10,12-13,17H,4-6,11,14-15H2,1-3H3,(H,28,37)(H,29,30)/t17-/m1/s1. The SMILES string of the molecule is CC[C@@H]1CCCN(c2cc(-c3n[nH]c4ccc(NC(=O)C5=C(C)N(C)c6nnnn6C5)cc34)ccn2)C1. The highest BCUT2D eigenvalue weighted by Gasteiger charge is 2.27. The van der Waals surface area contributed by atoms with E-state index in [0.29, 0.717) is 29.7 Å². The topological polar surface area (TPSA) is 121 Å². The third-order valence-corrected chi connectivity index (χ3v) is 7.59. The molecule has 5 heterocycles. The predicted octanol–water partition coefficient (Wildman–Crippen LogP) is 3.60. The van der Waals surface area contributed by atoms with E-state index in [1.807, 2.05) is 49.3 Å². The summed E-state index contributed by atoms with van der Waals surface area (Å²) in [5.41, 5.74) is 4.86. The Hall–Kier alpha value is -4.28. The van der Waals surface area contributed by atoms with Crippen LogP contribution in [0.25, 0.3) is 22.2 Å². The molecule has 0 unspecified atom stereocenters. The summed E-state index contributed by atoms with van der Waals surface area (Å²) in [6.07, 6.45) is 5.53. The van der Waals surface area contributed by atoms with Gasteiger partial charge in [0.25, 0.3) is 5.91 Å². The first-order valence-corrected chi connectivity index (χ1v) is 12.7. The molecule has 11 heteroatoms. The lowest BCUT2D eigenvalue weighted by molar-refractivity contribution is -0.113. The molecule has 6 rings (SSSR count). The number of tetrazole rings is 1. The molecule has 11 nitrogen and oxygen atoms in total. The average molecular weight is 499 g/mol. The number of hydrogen-bond donors (Lipinski definition) is 2. The van der Waals surface area contributed by atoms with Crippen molar-refractivity contribution in [1.82, 2.24) is 35.4 Å². The van der Waals surface area contributed by atoms with E-state index in [1.54, 1.807) is 4.68 Å². The summed E-state index contributed by atoms with van der Waals surface area (Å²) in [6.45, 7) is 6.55. The van der Waals surface area contributed by atoms with Gasteiger partial charge in [0.1, 0.15) is 11.5 Å². The van der Waals surface area contributed by atoms with Gasteiger partial charge in [-0.25, -0.2) is 9.67 Å². The number of fused-ring (bicyclic) bond motifs is 2. The van der Waals surface area contributed by atoms with E-state index < -0.39 is 0 Å². The molecule has 1 amide bonds. The smallest absolute Gasteiger partial charge is 0.255 e. The second-order valence-corrected chi connectivity index (χ2v) is 9.81. The zero-order chi connectivity index (χ0) is 25.5. The van der Waals surface area contributed by atoms with Crippen LogP contribution >= 0.6 is 0 Å². The normalized spacial score (nSPS) is 17.9. The molecule has 1 fully saturated rings. The maximum atomic E-state index is 13.2. The van der Waals surface area contributed by atoms with Gasteiger partial charge in [-0.2, -0.15) is 5.10 Å². The highest BCUT2D eigenvalue weighted by Crippen LogP contribution is 2.32. The first kappa shape index (κ1) is 23.1. The molecule has 0 spiro atoms. The van der Waals surface area contributed by atoms with Crippen LogP contribution in [0.5, 0.6) is 0 Å². The minimum Gasteiger partial charge on any atom is -0.356 e. The molecule has 0 bridgehead atoms. The number of piperidine rings is 1. The highest BCUT2D eigenvalue weighted by molar-refractivity contribution is 6.06. The van der Waals surface area contributed by atoms with Gasteiger partial charge in [0.2, 0.25) is 5.95 Å². The van der Waals surface area contributed by atoms with Crippen molar-refractivity contribution < 1.29 is 4.79 Å². The van der Waals surface area contributed by atoms with Crippen molar-refractivity contribution in [3.63, 3.8) is 0 Å². The second kappa shape index (κ2) is 9.30. The Morgan fingerprint density at radius 2 is 2.14 bits per heavy atom. The Bertz CT molecular complexity index is 1500. The monoisotopic (exact) mass is 498 g/mol. The number of carbonyl (C=O) groups excluding carboxylic acids is 1. The molecular formula is C26H30N10O. The highest BCUT2D eigenvalue weighted by atomic mass is 16.1. The van der Waals surface area contributed by atoms with Crippen LogP contribution in [0.15, 0.2) is 47.8 Å². The van der Waals surface area contributed by atoms with E-state index in [4.69, 9.17) is 0 Å². The number of aromatic amines is 1. The van der Waals surface area contributed by atoms with Crippen molar-refractivity contribution in [2.24, 2.45) is 5.92 Å². The van der Waals surface area contributed by atoms with Gasteiger partial charge in [0.05, 0.1) is 17.6 Å². The van der Waals surface area contributed by atoms with Crippen LogP contribution in [-0.4, -0.2) is 61.4 Å². The van der Waals surface area contributed by atoms with Crippen molar-refractivity contribution >= 4 is 34.3 Å². The summed E-state index contributed by atoms with van der Waals surface area (Å²) in [4.78, 5) is 22.1. The van der Waals surface area contributed by atoms with E-state index in [2.05, 4.69) is 53.9 Å². The van der Waals surface area contributed by atoms with Crippen LogP contribution in [0, 0.1) is 5.92 Å². The molecule has 3 aromatic heterocycles. The molecule has 0 saturated carbocycles. The maximum Gasteiger partial charge on any atom is 0.255 e. The van der Waals surface area contributed by atoms with Crippen LogP contribution < -0.4 is 15.1 Å². The molecule has 1 atom stereocenters. The van der Waals surface area contributed by atoms with Crippen molar-refractivity contribution in [3.8, 4) is 11.3 Å². The summed E-state index contributed by atoms with van der Waals surface area (Å²) in [5, 5.41) is 23.5. The number of H-pyrrole nitrogens is 1. The summed E-state index contributed by atoms with van der Waals surface area (Å²) in [5.74, 6) is 2.13. The van der Waals surface area contributed by atoms with Crippen LogP contribution in [-0.2, 0) is 11.3 Å². The fraction of sp³-hybridized carbons (Fsp3) is 0.385. The van der Waals surface area contributed by atoms with E-state index in [9.17, 15) is 4.79 Å². The molecule has 190 valence electrons. The molecule has 2 aliphatic rings. The van der Waals surface area contributed by atoms with Crippen LogP contribution in [0.3, 0.4) is 0 Å². The number of anilines is 3. The molecule has 1 aromatic carbocycles. The summed E-state index contributed by atoms with van der Waals surface area (Å²) in [6, 6.07) is 9.89. The Morgan fingerprint density at radius 3 is 3.00 bits per heavy atom. The number of pyridine rings is 1. The molecule has 2 N–H and O–H groups in total. The average Bonchev–Trinajstić information content (AvgIpc) is 3.58. The van der Waals surface area contributed by atoms with Crippen LogP contribution in [0.1, 0.15) is 33.1 Å². The molecule has 4 aromatic rings. The van der Waals surface area contributed by atoms with Crippen molar-refractivity contribution in [1.29, 1.82) is 0 Å². The minimum absolute atomic E-state index is 0.184.